The van der Waals surface area contributed by atoms with Crippen LogP contribution in [-0.2, 0) is 4.74 Å². The Bertz CT molecular complexity index is 318. The van der Waals surface area contributed by atoms with E-state index in [1.165, 1.54) is 19.3 Å². The average molecular weight is 284 g/mol. The van der Waals surface area contributed by atoms with E-state index in [0.29, 0.717) is 19.7 Å². The van der Waals surface area contributed by atoms with Gasteiger partial charge in [0.2, 0.25) is 0 Å². The molecular formula is C15H28N2O3. The molecule has 3 atom stereocenters. The van der Waals surface area contributed by atoms with Crippen LogP contribution in [0.4, 0.5) is 4.79 Å². The smallest absolute Gasteiger partial charge is 0.409 e. The number of ether oxygens (including phenoxy) is 1. The first-order chi connectivity index (χ1) is 9.60. The molecule has 2 fully saturated rings. The van der Waals surface area contributed by atoms with Gasteiger partial charge in [-0.05, 0) is 45.6 Å². The van der Waals surface area contributed by atoms with E-state index in [9.17, 15) is 9.90 Å². The maximum atomic E-state index is 11.9. The van der Waals surface area contributed by atoms with Crippen LogP contribution in [0.25, 0.3) is 0 Å². The molecule has 20 heavy (non-hydrogen) atoms. The Morgan fingerprint density at radius 1 is 1.45 bits per heavy atom. The zero-order valence-electron chi connectivity index (χ0n) is 12.7. The third-order valence-corrected chi connectivity index (χ3v) is 4.61. The molecule has 116 valence electrons. The molecule has 1 heterocycles. The lowest BCUT2D eigenvalue weighted by Crippen LogP contribution is -2.54. The summed E-state index contributed by atoms with van der Waals surface area (Å²) in [5.74, 6) is 0.935. The number of hydrogen-bond acceptors (Lipinski definition) is 4. The molecule has 0 aromatic heterocycles. The number of nitrogens with one attached hydrogen (secondary N) is 1. The number of nitrogens with zero attached hydrogens (tertiary/aromatic N) is 1. The van der Waals surface area contributed by atoms with E-state index in [2.05, 4.69) is 5.32 Å². The van der Waals surface area contributed by atoms with Crippen molar-refractivity contribution in [2.75, 3.05) is 26.2 Å². The van der Waals surface area contributed by atoms with Gasteiger partial charge in [0, 0.05) is 25.0 Å². The second-order valence-electron chi connectivity index (χ2n) is 6.24. The Balaban J connectivity index is 1.87. The van der Waals surface area contributed by atoms with Crippen molar-refractivity contribution in [3.63, 3.8) is 0 Å². The molecule has 5 heteroatoms. The summed E-state index contributed by atoms with van der Waals surface area (Å²) < 4.78 is 5.09. The van der Waals surface area contributed by atoms with Crippen molar-refractivity contribution in [1.29, 1.82) is 0 Å². The number of carbonyl (C=O) groups excluding carboxylic acids is 1. The first-order valence-electron chi connectivity index (χ1n) is 7.93. The quantitative estimate of drug-likeness (QED) is 0.805. The Morgan fingerprint density at radius 2 is 2.20 bits per heavy atom. The van der Waals surface area contributed by atoms with Crippen LogP contribution in [-0.4, -0.2) is 54.5 Å². The highest BCUT2D eigenvalue weighted by Crippen LogP contribution is 2.26. The van der Waals surface area contributed by atoms with Crippen LogP contribution in [0.1, 0.15) is 39.5 Å². The topological polar surface area (TPSA) is 61.8 Å². The molecule has 0 bridgehead atoms. The Labute approximate surface area is 121 Å². The fourth-order valence-corrected chi connectivity index (χ4v) is 3.03. The van der Waals surface area contributed by atoms with Crippen LogP contribution in [0.2, 0.25) is 0 Å². The molecule has 1 saturated carbocycles. The van der Waals surface area contributed by atoms with Gasteiger partial charge in [-0.1, -0.05) is 6.42 Å². The molecule has 1 aliphatic carbocycles. The van der Waals surface area contributed by atoms with Crippen LogP contribution < -0.4 is 5.32 Å². The van der Waals surface area contributed by atoms with Gasteiger partial charge in [-0.25, -0.2) is 4.79 Å². The Morgan fingerprint density at radius 3 is 2.75 bits per heavy atom. The molecule has 1 aliphatic heterocycles. The van der Waals surface area contributed by atoms with Crippen LogP contribution in [0.15, 0.2) is 0 Å². The summed E-state index contributed by atoms with van der Waals surface area (Å²) in [7, 11) is 0. The monoisotopic (exact) mass is 284 g/mol. The second-order valence-corrected chi connectivity index (χ2v) is 6.24. The molecule has 0 radical (unpaired) electrons. The summed E-state index contributed by atoms with van der Waals surface area (Å²) in [4.78, 5) is 13.7. The number of likely N-dealkylation sites (tertiary alicyclic amines) is 1. The Hall–Kier alpha value is -0.810. The SMILES string of the molecule is CCOC(=O)N1CC(NCC2CCC2)CC(C(C)O)C1. The van der Waals surface area contributed by atoms with Gasteiger partial charge >= 0.3 is 6.09 Å². The summed E-state index contributed by atoms with van der Waals surface area (Å²) in [6.07, 6.45) is 4.28. The van der Waals surface area contributed by atoms with Crippen molar-refractivity contribution in [3.05, 3.63) is 0 Å². The van der Waals surface area contributed by atoms with E-state index in [4.69, 9.17) is 4.74 Å². The minimum atomic E-state index is -0.389. The van der Waals surface area contributed by atoms with Gasteiger partial charge in [0.15, 0.2) is 0 Å². The molecule has 2 N–H and O–H groups in total. The van der Waals surface area contributed by atoms with Crippen molar-refractivity contribution in [2.24, 2.45) is 11.8 Å². The summed E-state index contributed by atoms with van der Waals surface area (Å²) >= 11 is 0. The van der Waals surface area contributed by atoms with E-state index >= 15 is 0 Å². The maximum absolute atomic E-state index is 11.9. The minimum absolute atomic E-state index is 0.132. The number of amides is 1. The standard InChI is InChI=1S/C15H28N2O3/c1-3-20-15(19)17-9-13(11(2)18)7-14(10-17)16-8-12-5-4-6-12/h11-14,16,18H,3-10H2,1-2H3. The third kappa shape index (κ3) is 4.09. The number of aliphatic hydroxyl groups excluding tert-OH is 1. The molecule has 1 saturated heterocycles. The van der Waals surface area contributed by atoms with Crippen LogP contribution in [0, 0.1) is 11.8 Å². The lowest BCUT2D eigenvalue weighted by molar-refractivity contribution is 0.0367. The van der Waals surface area contributed by atoms with Gasteiger partial charge in [-0.15, -0.1) is 0 Å². The highest BCUT2D eigenvalue weighted by molar-refractivity contribution is 5.67. The summed E-state index contributed by atoms with van der Waals surface area (Å²) in [5.41, 5.74) is 0. The van der Waals surface area contributed by atoms with Crippen molar-refractivity contribution in [2.45, 2.75) is 51.7 Å². The van der Waals surface area contributed by atoms with Gasteiger partial charge in [-0.2, -0.15) is 0 Å². The zero-order valence-corrected chi connectivity index (χ0v) is 12.7. The maximum Gasteiger partial charge on any atom is 0.409 e. The molecule has 2 aliphatic rings. The van der Waals surface area contributed by atoms with E-state index in [1.807, 2.05) is 13.8 Å². The fraction of sp³-hybridized carbons (Fsp3) is 0.933. The molecular weight excluding hydrogens is 256 g/mol. The molecule has 0 aromatic rings. The number of rotatable bonds is 5. The van der Waals surface area contributed by atoms with E-state index in [-0.39, 0.29) is 24.2 Å². The number of piperidine rings is 1. The number of aliphatic hydroxyl groups is 1. The van der Waals surface area contributed by atoms with Crippen molar-refractivity contribution in [1.82, 2.24) is 10.2 Å². The average Bonchev–Trinajstić information content (AvgIpc) is 2.36. The van der Waals surface area contributed by atoms with Crippen LogP contribution >= 0.6 is 0 Å². The third-order valence-electron chi connectivity index (χ3n) is 4.61. The van der Waals surface area contributed by atoms with E-state index in [0.717, 1.165) is 18.9 Å². The second kappa shape index (κ2) is 7.27. The summed E-state index contributed by atoms with van der Waals surface area (Å²) in [6.45, 7) is 6.35. The van der Waals surface area contributed by atoms with Crippen molar-refractivity contribution < 1.29 is 14.6 Å². The lowest BCUT2D eigenvalue weighted by Gasteiger charge is -2.39. The van der Waals surface area contributed by atoms with Gasteiger partial charge in [0.1, 0.15) is 0 Å². The molecule has 0 aromatic carbocycles. The van der Waals surface area contributed by atoms with Crippen molar-refractivity contribution in [3.8, 4) is 0 Å². The summed E-state index contributed by atoms with van der Waals surface area (Å²) in [5, 5.41) is 13.4. The van der Waals surface area contributed by atoms with Gasteiger partial charge < -0.3 is 20.1 Å². The molecule has 3 unspecified atom stereocenters. The molecule has 1 amide bonds. The zero-order chi connectivity index (χ0) is 14.5. The van der Waals surface area contributed by atoms with Crippen LogP contribution in [0.5, 0.6) is 0 Å². The highest BCUT2D eigenvalue weighted by atomic mass is 16.6. The van der Waals surface area contributed by atoms with E-state index < -0.39 is 0 Å². The van der Waals surface area contributed by atoms with E-state index in [1.54, 1.807) is 4.90 Å². The Kier molecular flexibility index (Phi) is 5.66. The highest BCUT2D eigenvalue weighted by Gasteiger charge is 2.33. The fourth-order valence-electron chi connectivity index (χ4n) is 3.03. The molecule has 2 rings (SSSR count). The molecule has 0 spiro atoms. The predicted molar refractivity (Wildman–Crippen MR) is 77.5 cm³/mol. The van der Waals surface area contributed by atoms with Crippen molar-refractivity contribution >= 4 is 6.09 Å². The van der Waals surface area contributed by atoms with Crippen LogP contribution in [0.3, 0.4) is 0 Å². The minimum Gasteiger partial charge on any atom is -0.450 e. The van der Waals surface area contributed by atoms with Gasteiger partial charge in [-0.3, -0.25) is 0 Å². The number of hydrogen-bond donors (Lipinski definition) is 2. The van der Waals surface area contributed by atoms with Gasteiger partial charge in [0.25, 0.3) is 0 Å². The van der Waals surface area contributed by atoms with Gasteiger partial charge in [0.05, 0.1) is 12.7 Å². The molecule has 5 nitrogen and oxygen atoms in total. The first-order valence-corrected chi connectivity index (χ1v) is 7.93. The number of carbonyl (C=O) groups is 1. The summed E-state index contributed by atoms with van der Waals surface area (Å²) in [6, 6.07) is 0.272. The largest absolute Gasteiger partial charge is 0.450 e. The lowest BCUT2D eigenvalue weighted by atomic mass is 9.84. The predicted octanol–water partition coefficient (Wildman–Crippen LogP) is 1.60. The normalized spacial score (nSPS) is 28.9. The first kappa shape index (κ1) is 15.6.